The van der Waals surface area contributed by atoms with Gasteiger partial charge in [-0.05, 0) is 37.0 Å². The van der Waals surface area contributed by atoms with Crippen LogP contribution in [0, 0.1) is 0 Å². The van der Waals surface area contributed by atoms with Crippen molar-refractivity contribution in [2.45, 2.75) is 77.0 Å². The predicted octanol–water partition coefficient (Wildman–Crippen LogP) is 4.38. The first-order valence-electron chi connectivity index (χ1n) is 11.1. The Kier molecular flexibility index (Phi) is 10.8. The highest BCUT2D eigenvalue weighted by atomic mass is 32.2. The minimum absolute atomic E-state index is 0.0816. The van der Waals surface area contributed by atoms with Crippen molar-refractivity contribution in [1.29, 1.82) is 0 Å². The molecular formula is C23H34FNO6S. The molecule has 0 bridgehead atoms. The van der Waals surface area contributed by atoms with Gasteiger partial charge in [-0.2, -0.15) is 8.42 Å². The lowest BCUT2D eigenvalue weighted by Crippen LogP contribution is -2.34. The highest BCUT2D eigenvalue weighted by Gasteiger charge is 2.41. The molecule has 2 rings (SSSR count). The van der Waals surface area contributed by atoms with Gasteiger partial charge in [-0.1, -0.05) is 56.9 Å². The number of benzene rings is 1. The third-order valence-electron chi connectivity index (χ3n) is 5.41. The molecule has 1 aromatic carbocycles. The Morgan fingerprint density at radius 1 is 1.19 bits per heavy atom. The second-order valence-electron chi connectivity index (χ2n) is 7.85. The minimum atomic E-state index is -3.48. The van der Waals surface area contributed by atoms with Crippen LogP contribution in [0.2, 0.25) is 0 Å². The SMILES string of the molecule is CCCCCCC(O)c1ccc(N2C(=O)C(F)OC2C/C=C/CCCS(=O)(=O)OC)cc1. The summed E-state index contributed by atoms with van der Waals surface area (Å²) in [5, 5.41) is 10.4. The summed E-state index contributed by atoms with van der Waals surface area (Å²) >= 11 is 0. The maximum absolute atomic E-state index is 14.0. The van der Waals surface area contributed by atoms with Gasteiger partial charge in [-0.15, -0.1) is 0 Å². The monoisotopic (exact) mass is 471 g/mol. The zero-order valence-electron chi connectivity index (χ0n) is 18.8. The molecule has 1 N–H and O–H groups in total. The van der Waals surface area contributed by atoms with Crippen LogP contribution < -0.4 is 4.90 Å². The van der Waals surface area contributed by atoms with Crippen molar-refractivity contribution < 1.29 is 31.6 Å². The molecule has 1 aromatic rings. The van der Waals surface area contributed by atoms with E-state index in [-0.39, 0.29) is 12.2 Å². The fourth-order valence-corrected chi connectivity index (χ4v) is 4.23. The molecule has 9 heteroatoms. The number of aliphatic hydroxyl groups excluding tert-OH is 1. The van der Waals surface area contributed by atoms with Crippen LogP contribution in [0.5, 0.6) is 0 Å². The summed E-state index contributed by atoms with van der Waals surface area (Å²) in [5.41, 5.74) is 1.26. The Hall–Kier alpha value is -1.81. The van der Waals surface area contributed by atoms with E-state index < -0.39 is 34.7 Å². The standard InChI is InChI=1S/C23H34FNO6S/c1-3-4-5-8-11-20(26)18-13-15-19(16-14-18)25-21(31-22(24)23(25)27)12-9-6-7-10-17-32(28,29)30-2/h6,9,13-16,20-22,26H,3-5,7-8,10-12,17H2,1-2H3/b9-6+. The average molecular weight is 472 g/mol. The van der Waals surface area contributed by atoms with Crippen molar-refractivity contribution in [2.75, 3.05) is 17.8 Å². The first-order chi connectivity index (χ1) is 15.3. The van der Waals surface area contributed by atoms with Crippen LogP contribution in [-0.2, 0) is 23.8 Å². The number of rotatable bonds is 14. The number of aliphatic hydroxyl groups is 1. The number of hydrogen-bond acceptors (Lipinski definition) is 6. The van der Waals surface area contributed by atoms with Gasteiger partial charge in [0.1, 0.15) is 6.23 Å². The molecule has 3 unspecified atom stereocenters. The Bertz CT molecular complexity index is 843. The Morgan fingerprint density at radius 3 is 2.56 bits per heavy atom. The molecule has 1 amide bonds. The number of allylic oxidation sites excluding steroid dienone is 1. The lowest BCUT2D eigenvalue weighted by atomic mass is 10.0. The predicted molar refractivity (Wildman–Crippen MR) is 121 cm³/mol. The number of amides is 1. The van der Waals surface area contributed by atoms with E-state index in [9.17, 15) is 22.7 Å². The van der Waals surface area contributed by atoms with E-state index in [1.807, 2.05) is 0 Å². The van der Waals surface area contributed by atoms with Crippen LogP contribution in [0.15, 0.2) is 36.4 Å². The second-order valence-corrected chi connectivity index (χ2v) is 9.71. The highest BCUT2D eigenvalue weighted by Crippen LogP contribution is 2.30. The second kappa shape index (κ2) is 13.0. The molecule has 3 atom stereocenters. The van der Waals surface area contributed by atoms with Crippen LogP contribution in [0.1, 0.15) is 70.0 Å². The van der Waals surface area contributed by atoms with Crippen LogP contribution >= 0.6 is 0 Å². The summed E-state index contributed by atoms with van der Waals surface area (Å²) in [6.07, 6.45) is 6.31. The van der Waals surface area contributed by atoms with E-state index in [0.29, 0.717) is 24.9 Å². The van der Waals surface area contributed by atoms with Gasteiger partial charge in [0.25, 0.3) is 22.4 Å². The molecule has 180 valence electrons. The normalized spacial score (nSPS) is 20.4. The van der Waals surface area contributed by atoms with Gasteiger partial charge in [-0.3, -0.25) is 13.9 Å². The van der Waals surface area contributed by atoms with Crippen LogP contribution in [0.4, 0.5) is 10.1 Å². The molecule has 0 radical (unpaired) electrons. The number of carbonyl (C=O) groups excluding carboxylic acids is 1. The number of ether oxygens (including phenoxy) is 1. The van der Waals surface area contributed by atoms with Crippen molar-refractivity contribution >= 4 is 21.7 Å². The van der Waals surface area contributed by atoms with Crippen LogP contribution in [0.25, 0.3) is 0 Å². The van der Waals surface area contributed by atoms with Gasteiger partial charge in [0.05, 0.1) is 19.0 Å². The Labute approximate surface area is 190 Å². The largest absolute Gasteiger partial charge is 0.388 e. The quantitative estimate of drug-likeness (QED) is 0.246. The fraction of sp³-hybridized carbons (Fsp3) is 0.609. The molecule has 1 aliphatic rings. The van der Waals surface area contributed by atoms with Crippen molar-refractivity contribution in [2.24, 2.45) is 0 Å². The number of anilines is 1. The Morgan fingerprint density at radius 2 is 1.91 bits per heavy atom. The zero-order valence-corrected chi connectivity index (χ0v) is 19.6. The zero-order chi connectivity index (χ0) is 23.6. The summed E-state index contributed by atoms with van der Waals surface area (Å²) in [6, 6.07) is 6.88. The maximum Gasteiger partial charge on any atom is 0.291 e. The van der Waals surface area contributed by atoms with Gasteiger partial charge < -0.3 is 9.84 Å². The summed E-state index contributed by atoms with van der Waals surface area (Å²) in [5.74, 6) is -0.843. The van der Waals surface area contributed by atoms with Gasteiger partial charge >= 0.3 is 0 Å². The molecule has 1 fully saturated rings. The molecule has 1 heterocycles. The smallest absolute Gasteiger partial charge is 0.291 e. The number of alkyl halides is 1. The summed E-state index contributed by atoms with van der Waals surface area (Å²) < 4.78 is 46.1. The summed E-state index contributed by atoms with van der Waals surface area (Å²) in [7, 11) is -2.35. The van der Waals surface area contributed by atoms with E-state index in [0.717, 1.165) is 38.4 Å². The first-order valence-corrected chi connectivity index (χ1v) is 12.7. The van der Waals surface area contributed by atoms with Gasteiger partial charge in [0, 0.05) is 12.1 Å². The van der Waals surface area contributed by atoms with E-state index in [2.05, 4.69) is 11.1 Å². The summed E-state index contributed by atoms with van der Waals surface area (Å²) in [4.78, 5) is 13.6. The number of unbranched alkanes of at least 4 members (excludes halogenated alkanes) is 4. The molecule has 0 aliphatic carbocycles. The highest BCUT2D eigenvalue weighted by molar-refractivity contribution is 7.86. The van der Waals surface area contributed by atoms with Gasteiger partial charge in [-0.25, -0.2) is 4.39 Å². The molecule has 1 aliphatic heterocycles. The topological polar surface area (TPSA) is 93.1 Å². The number of hydrogen-bond donors (Lipinski definition) is 1. The third kappa shape index (κ3) is 7.95. The molecule has 0 saturated carbocycles. The van der Waals surface area contributed by atoms with Crippen molar-refractivity contribution in [3.63, 3.8) is 0 Å². The molecule has 1 saturated heterocycles. The minimum Gasteiger partial charge on any atom is -0.388 e. The molecule has 32 heavy (non-hydrogen) atoms. The maximum atomic E-state index is 14.0. The molecular weight excluding hydrogens is 437 g/mol. The fourth-order valence-electron chi connectivity index (χ4n) is 3.54. The first kappa shape index (κ1) is 26.4. The number of nitrogens with zero attached hydrogens (tertiary/aromatic N) is 1. The van der Waals surface area contributed by atoms with Crippen molar-refractivity contribution in [3.05, 3.63) is 42.0 Å². The Balaban J connectivity index is 1.93. The lowest BCUT2D eigenvalue weighted by molar-refractivity contribution is -0.131. The molecule has 0 spiro atoms. The molecule has 7 nitrogen and oxygen atoms in total. The third-order valence-corrected chi connectivity index (χ3v) is 6.70. The molecule has 0 aromatic heterocycles. The van der Waals surface area contributed by atoms with E-state index in [1.54, 1.807) is 36.4 Å². The number of halogens is 1. The van der Waals surface area contributed by atoms with Crippen LogP contribution in [0.3, 0.4) is 0 Å². The van der Waals surface area contributed by atoms with Gasteiger partial charge in [0.2, 0.25) is 0 Å². The van der Waals surface area contributed by atoms with Crippen molar-refractivity contribution in [3.8, 4) is 0 Å². The van der Waals surface area contributed by atoms with Gasteiger partial charge in [0.15, 0.2) is 0 Å². The van der Waals surface area contributed by atoms with Crippen LogP contribution in [-0.4, -0.2) is 44.9 Å². The van der Waals surface area contributed by atoms with E-state index in [1.165, 1.54) is 4.90 Å². The summed E-state index contributed by atoms with van der Waals surface area (Å²) in [6.45, 7) is 2.14. The van der Waals surface area contributed by atoms with Crippen molar-refractivity contribution in [1.82, 2.24) is 0 Å². The van der Waals surface area contributed by atoms with E-state index in [4.69, 9.17) is 4.74 Å². The number of carbonyl (C=O) groups is 1. The van der Waals surface area contributed by atoms with E-state index >= 15 is 0 Å². The average Bonchev–Trinajstić information content (AvgIpc) is 3.07. The lowest BCUT2D eigenvalue weighted by Gasteiger charge is -2.22.